The molecule has 2 aromatic heterocycles. The van der Waals surface area contributed by atoms with E-state index in [1.54, 1.807) is 5.19 Å². The van der Waals surface area contributed by atoms with E-state index in [4.69, 9.17) is 4.98 Å². The van der Waals surface area contributed by atoms with E-state index in [0.29, 0.717) is 16.6 Å². The number of hydrogen-bond acceptors (Lipinski definition) is 1. The summed E-state index contributed by atoms with van der Waals surface area (Å²) in [5.74, 6) is 0.857. The Labute approximate surface area is 386 Å². The van der Waals surface area contributed by atoms with Gasteiger partial charge in [0.15, 0.2) is 0 Å². The van der Waals surface area contributed by atoms with Crippen molar-refractivity contribution in [1.82, 2.24) is 4.98 Å². The average molecular weight is 864 g/mol. The first-order chi connectivity index (χ1) is 31.4. The molecule has 7 aromatic carbocycles. The molecule has 0 bridgehead atoms. The summed E-state index contributed by atoms with van der Waals surface area (Å²) in [5, 5.41) is 3.99. The van der Waals surface area contributed by atoms with Crippen LogP contribution in [0, 0.1) is 0 Å². The van der Waals surface area contributed by atoms with Crippen LogP contribution >= 0.6 is 0 Å². The SMILES string of the molecule is CC(C)[Si](c1ccc(-c2ccc(-c3cccc(-c4ccccc4-[n+]4c[n+](-c5ccc6ccccc6c5)c[n+](-c5ccc6c(n5)-c5ccccc5C6(C)C)c4)c3)cc2)cc1)(C(C)C)C(C)C. The Morgan fingerprint density at radius 1 is 0.431 bits per heavy atom. The van der Waals surface area contributed by atoms with Crippen molar-refractivity contribution in [3.05, 3.63) is 206 Å². The molecule has 0 fully saturated rings. The van der Waals surface area contributed by atoms with Crippen molar-refractivity contribution in [2.24, 2.45) is 0 Å². The Kier molecular flexibility index (Phi) is 10.8. The summed E-state index contributed by atoms with van der Waals surface area (Å²) in [5.41, 5.74) is 16.1. The predicted molar refractivity (Wildman–Crippen MR) is 271 cm³/mol. The van der Waals surface area contributed by atoms with E-state index < -0.39 is 8.07 Å². The molecule has 0 amide bonds. The van der Waals surface area contributed by atoms with Gasteiger partial charge in [-0.25, -0.2) is 0 Å². The van der Waals surface area contributed by atoms with Crippen molar-refractivity contribution in [2.45, 2.75) is 77.4 Å². The molecule has 5 heteroatoms. The van der Waals surface area contributed by atoms with Crippen LogP contribution in [0.4, 0.5) is 0 Å². The molecule has 0 atom stereocenters. The minimum Gasteiger partial charge on any atom is -0.186 e. The van der Waals surface area contributed by atoms with Gasteiger partial charge in [0.25, 0.3) is 0 Å². The molecule has 0 radical (unpaired) electrons. The number of benzene rings is 7. The van der Waals surface area contributed by atoms with E-state index in [0.717, 1.165) is 34.0 Å². The summed E-state index contributed by atoms with van der Waals surface area (Å²) >= 11 is 0. The monoisotopic (exact) mass is 863 g/mol. The topological polar surface area (TPSA) is 24.5 Å². The van der Waals surface area contributed by atoms with Crippen molar-refractivity contribution in [3.8, 4) is 61.8 Å². The fraction of sp³-hybridized carbons (Fsp3) is 0.200. The maximum Gasteiger partial charge on any atom is 0.429 e. The second-order valence-electron chi connectivity index (χ2n) is 19.5. The zero-order valence-corrected chi connectivity index (χ0v) is 40.0. The van der Waals surface area contributed by atoms with E-state index in [2.05, 4.69) is 264 Å². The summed E-state index contributed by atoms with van der Waals surface area (Å²) in [6.45, 7) is 19.3. The van der Waals surface area contributed by atoms with Gasteiger partial charge in [0.1, 0.15) is 0 Å². The first kappa shape index (κ1) is 42.1. The Hall–Kier alpha value is -6.82. The van der Waals surface area contributed by atoms with E-state index in [1.165, 1.54) is 49.7 Å². The Morgan fingerprint density at radius 2 is 1.00 bits per heavy atom. The fourth-order valence-electron chi connectivity index (χ4n) is 11.5. The molecular weight excluding hydrogens is 805 g/mol. The first-order valence-electron chi connectivity index (χ1n) is 23.3. The molecular formula is C60H59N4Si+3. The molecule has 0 saturated heterocycles. The van der Waals surface area contributed by atoms with Crippen LogP contribution in [-0.2, 0) is 5.41 Å². The zero-order valence-electron chi connectivity index (χ0n) is 39.0. The maximum atomic E-state index is 5.40. The summed E-state index contributed by atoms with van der Waals surface area (Å²) < 4.78 is 6.60. The fourth-order valence-corrected chi connectivity index (χ4v) is 18.2. The van der Waals surface area contributed by atoms with Crippen LogP contribution in [0.1, 0.15) is 66.5 Å². The Balaban J connectivity index is 1.02. The highest BCUT2D eigenvalue weighted by atomic mass is 28.3. The highest BCUT2D eigenvalue weighted by Gasteiger charge is 2.44. The molecule has 0 aliphatic heterocycles. The molecule has 1 aliphatic carbocycles. The molecule has 320 valence electrons. The number of fused-ring (bicyclic) bond motifs is 4. The molecule has 4 nitrogen and oxygen atoms in total. The normalized spacial score (nSPS) is 13.2. The van der Waals surface area contributed by atoms with Gasteiger partial charge in [-0.2, -0.15) is 4.98 Å². The van der Waals surface area contributed by atoms with Gasteiger partial charge in [-0.1, -0.05) is 197 Å². The molecule has 0 spiro atoms. The third-order valence-electron chi connectivity index (χ3n) is 14.6. The third-order valence-corrected chi connectivity index (χ3v) is 21.7. The third kappa shape index (κ3) is 7.32. The molecule has 0 N–H and O–H groups in total. The van der Waals surface area contributed by atoms with E-state index in [9.17, 15) is 0 Å². The molecule has 0 saturated carbocycles. The largest absolute Gasteiger partial charge is 0.429 e. The number of aromatic nitrogens is 4. The minimum absolute atomic E-state index is 0.116. The Morgan fingerprint density at radius 3 is 1.71 bits per heavy atom. The summed E-state index contributed by atoms with van der Waals surface area (Å²) in [6, 6.07) is 64.7. The minimum atomic E-state index is -1.71. The average Bonchev–Trinajstić information content (AvgIpc) is 3.56. The van der Waals surface area contributed by atoms with Gasteiger partial charge in [-0.3, -0.25) is 0 Å². The molecule has 2 heterocycles. The lowest BCUT2D eigenvalue weighted by molar-refractivity contribution is -0.859. The lowest BCUT2D eigenvalue weighted by atomic mass is 9.83. The van der Waals surface area contributed by atoms with Crippen LogP contribution in [0.2, 0.25) is 16.6 Å². The molecule has 65 heavy (non-hydrogen) atoms. The highest BCUT2D eigenvalue weighted by molar-refractivity contribution is 6.95. The second-order valence-corrected chi connectivity index (χ2v) is 25.4. The molecule has 9 aromatic rings. The molecule has 1 aliphatic rings. The van der Waals surface area contributed by atoms with E-state index in [1.807, 2.05) is 0 Å². The van der Waals surface area contributed by atoms with Crippen LogP contribution < -0.4 is 18.9 Å². The van der Waals surface area contributed by atoms with Crippen molar-refractivity contribution >= 4 is 24.0 Å². The van der Waals surface area contributed by atoms with Gasteiger partial charge in [-0.15, -0.1) is 0 Å². The molecule has 0 unspecified atom stereocenters. The van der Waals surface area contributed by atoms with Crippen LogP contribution in [0.15, 0.2) is 195 Å². The second kappa shape index (κ2) is 16.6. The number of hydrogen-bond donors (Lipinski definition) is 0. The van der Waals surface area contributed by atoms with Crippen LogP contribution in [0.5, 0.6) is 0 Å². The standard InChI is InChI=1S/C60H59N4Si/c1-41(2)65(42(3)4,43(5)6)52-32-29-46(30-33-52)45-24-26-47(27-25-45)48-18-15-19-50(36-48)53-20-12-14-23-57(53)63-38-62(51-31-28-44-16-9-10-17-49(44)37-51)39-64(40-63)58-35-34-56-59(61-58)54-21-11-13-22-55(54)60(56,7)8/h9-43H,1-8H3/q+3. The van der Waals surface area contributed by atoms with Gasteiger partial charge in [0, 0.05) is 35.2 Å². The van der Waals surface area contributed by atoms with Crippen LogP contribution in [0.3, 0.4) is 0 Å². The van der Waals surface area contributed by atoms with Gasteiger partial charge < -0.3 is 0 Å². The number of pyridine rings is 1. The van der Waals surface area contributed by atoms with Crippen molar-refractivity contribution in [1.29, 1.82) is 0 Å². The summed E-state index contributed by atoms with van der Waals surface area (Å²) in [7, 11) is -1.71. The van der Waals surface area contributed by atoms with Crippen molar-refractivity contribution in [2.75, 3.05) is 0 Å². The highest BCUT2D eigenvalue weighted by Crippen LogP contribution is 2.47. The number of nitrogens with zero attached hydrogens (tertiary/aromatic N) is 4. The summed E-state index contributed by atoms with van der Waals surface area (Å²) in [4.78, 5) is 5.40. The lowest BCUT2D eigenvalue weighted by Gasteiger charge is -2.43. The van der Waals surface area contributed by atoms with Gasteiger partial charge in [0.2, 0.25) is 11.4 Å². The quantitative estimate of drug-likeness (QED) is 0.0993. The van der Waals surface area contributed by atoms with E-state index >= 15 is 0 Å². The van der Waals surface area contributed by atoms with Crippen LogP contribution in [0.25, 0.3) is 72.6 Å². The smallest absolute Gasteiger partial charge is 0.186 e. The maximum absolute atomic E-state index is 5.40. The zero-order chi connectivity index (χ0) is 45.0. The summed E-state index contributed by atoms with van der Waals surface area (Å²) in [6.07, 6.45) is 6.47. The first-order valence-corrected chi connectivity index (χ1v) is 25.6. The number of rotatable bonds is 10. The lowest BCUT2D eigenvalue weighted by Crippen LogP contribution is -2.55. The van der Waals surface area contributed by atoms with Gasteiger partial charge in [-0.05, 0) is 95.2 Å². The van der Waals surface area contributed by atoms with E-state index in [-0.39, 0.29) is 5.41 Å². The Bertz CT molecular complexity index is 3200. The predicted octanol–water partition coefficient (Wildman–Crippen LogP) is 13.3. The van der Waals surface area contributed by atoms with Crippen molar-refractivity contribution < 1.29 is 13.7 Å². The van der Waals surface area contributed by atoms with Crippen LogP contribution in [-0.4, -0.2) is 13.1 Å². The van der Waals surface area contributed by atoms with Crippen molar-refractivity contribution in [3.63, 3.8) is 0 Å². The van der Waals surface area contributed by atoms with Gasteiger partial charge >= 0.3 is 24.8 Å². The van der Waals surface area contributed by atoms with Gasteiger partial charge in [0.05, 0.1) is 19.3 Å². The molecule has 10 rings (SSSR count). The number of para-hydroxylation sites is 1.